The molecule has 0 fully saturated rings. The molecule has 0 aliphatic rings. The Bertz CT molecular complexity index is 371. The van der Waals surface area contributed by atoms with E-state index in [0.717, 1.165) is 29.5 Å². The minimum atomic E-state index is 0.336. The van der Waals surface area contributed by atoms with E-state index >= 15 is 0 Å². The predicted molar refractivity (Wildman–Crippen MR) is 77.8 cm³/mol. The molecule has 1 rings (SSSR count). The highest BCUT2D eigenvalue weighted by Gasteiger charge is 2.15. The lowest BCUT2D eigenvalue weighted by Gasteiger charge is -2.28. The largest absolute Gasteiger partial charge is 0.506 e. The van der Waals surface area contributed by atoms with Crippen LogP contribution in [0.1, 0.15) is 25.8 Å². The van der Waals surface area contributed by atoms with Crippen LogP contribution in [-0.4, -0.2) is 36.3 Å². The monoisotopic (exact) mass is 315 g/mol. The molecule has 0 bridgehead atoms. The van der Waals surface area contributed by atoms with Gasteiger partial charge < -0.3 is 9.84 Å². The molecule has 1 N–H and O–H groups in total. The van der Waals surface area contributed by atoms with E-state index in [0.29, 0.717) is 18.4 Å². The van der Waals surface area contributed by atoms with Crippen molar-refractivity contribution in [2.75, 3.05) is 20.3 Å². The van der Waals surface area contributed by atoms with Gasteiger partial charge in [0.05, 0.1) is 11.1 Å². The lowest BCUT2D eigenvalue weighted by molar-refractivity contribution is 0.117. The highest BCUT2D eigenvalue weighted by molar-refractivity contribution is 9.10. The van der Waals surface area contributed by atoms with Crippen LogP contribution in [0.15, 0.2) is 22.7 Å². The fraction of sp³-hybridized carbons (Fsp3) is 0.571. The van der Waals surface area contributed by atoms with Gasteiger partial charge in [-0.25, -0.2) is 0 Å². The molecule has 0 aromatic heterocycles. The highest BCUT2D eigenvalue weighted by Crippen LogP contribution is 2.28. The van der Waals surface area contributed by atoms with Crippen LogP contribution in [0.4, 0.5) is 0 Å². The number of nitrogens with zero attached hydrogens (tertiary/aromatic N) is 1. The minimum Gasteiger partial charge on any atom is -0.506 e. The number of hydrogen-bond donors (Lipinski definition) is 1. The molecule has 0 spiro atoms. The van der Waals surface area contributed by atoms with E-state index in [2.05, 4.69) is 34.7 Å². The molecule has 18 heavy (non-hydrogen) atoms. The zero-order valence-corrected chi connectivity index (χ0v) is 12.9. The molecular formula is C14H22BrNO2. The summed E-state index contributed by atoms with van der Waals surface area (Å²) in [6.07, 6.45) is 1.08. The van der Waals surface area contributed by atoms with Crippen molar-refractivity contribution >= 4 is 15.9 Å². The Kier molecular flexibility index (Phi) is 6.68. The Morgan fingerprint density at radius 2 is 2.17 bits per heavy atom. The molecular weight excluding hydrogens is 294 g/mol. The molecule has 0 amide bonds. The third kappa shape index (κ3) is 4.26. The van der Waals surface area contributed by atoms with Crippen LogP contribution < -0.4 is 0 Å². The molecule has 0 saturated carbocycles. The molecule has 102 valence electrons. The summed E-state index contributed by atoms with van der Waals surface area (Å²) in [4.78, 5) is 2.32. The van der Waals surface area contributed by atoms with E-state index in [1.165, 1.54) is 0 Å². The molecule has 0 radical (unpaired) electrons. The first kappa shape index (κ1) is 15.5. The fourth-order valence-electron chi connectivity index (χ4n) is 1.83. The van der Waals surface area contributed by atoms with Crippen LogP contribution >= 0.6 is 15.9 Å². The normalized spacial score (nSPS) is 12.9. The number of phenols is 1. The molecule has 4 heteroatoms. The lowest BCUT2D eigenvalue weighted by Crippen LogP contribution is -2.34. The molecule has 3 nitrogen and oxygen atoms in total. The SMILES string of the molecule is CCC(C)N(CCOC)Cc1cccc(Br)c1O. The highest BCUT2D eigenvalue weighted by atomic mass is 79.9. The maximum atomic E-state index is 10.0. The van der Waals surface area contributed by atoms with Gasteiger partial charge in [0.25, 0.3) is 0 Å². The summed E-state index contributed by atoms with van der Waals surface area (Å²) in [5.41, 5.74) is 0.945. The molecule has 0 saturated heterocycles. The summed E-state index contributed by atoms with van der Waals surface area (Å²) in [5, 5.41) is 10.0. The number of rotatable bonds is 7. The summed E-state index contributed by atoms with van der Waals surface area (Å²) in [6, 6.07) is 6.23. The van der Waals surface area contributed by atoms with E-state index in [9.17, 15) is 5.11 Å². The first-order chi connectivity index (χ1) is 8.60. The van der Waals surface area contributed by atoms with Crippen molar-refractivity contribution in [3.63, 3.8) is 0 Å². The van der Waals surface area contributed by atoms with E-state index in [1.807, 2.05) is 18.2 Å². The average Bonchev–Trinajstić information content (AvgIpc) is 2.38. The van der Waals surface area contributed by atoms with Crippen molar-refractivity contribution in [2.45, 2.75) is 32.9 Å². The van der Waals surface area contributed by atoms with Crippen LogP contribution in [0.3, 0.4) is 0 Å². The standard InChI is InChI=1S/C14H22BrNO2/c1-4-11(2)16(8-9-18-3)10-12-6-5-7-13(15)14(12)17/h5-7,11,17H,4,8-10H2,1-3H3. The summed E-state index contributed by atoms with van der Waals surface area (Å²) in [7, 11) is 1.71. The van der Waals surface area contributed by atoms with E-state index in [-0.39, 0.29) is 0 Å². The van der Waals surface area contributed by atoms with Gasteiger partial charge in [-0.1, -0.05) is 19.1 Å². The summed E-state index contributed by atoms with van der Waals surface area (Å²) in [6.45, 7) is 6.69. The average molecular weight is 316 g/mol. The fourth-order valence-corrected chi connectivity index (χ4v) is 2.24. The Morgan fingerprint density at radius 3 is 2.78 bits per heavy atom. The Labute approximate surface area is 118 Å². The molecule has 1 unspecified atom stereocenters. The van der Waals surface area contributed by atoms with Gasteiger partial charge in [0.2, 0.25) is 0 Å². The third-order valence-corrected chi connectivity index (χ3v) is 3.88. The molecule has 1 aromatic carbocycles. The zero-order chi connectivity index (χ0) is 13.5. The number of para-hydroxylation sites is 1. The van der Waals surface area contributed by atoms with Crippen molar-refractivity contribution in [1.82, 2.24) is 4.90 Å². The number of benzene rings is 1. The number of hydrogen-bond acceptors (Lipinski definition) is 3. The zero-order valence-electron chi connectivity index (χ0n) is 11.3. The van der Waals surface area contributed by atoms with Crippen molar-refractivity contribution < 1.29 is 9.84 Å². The van der Waals surface area contributed by atoms with Crippen LogP contribution in [0.25, 0.3) is 0 Å². The smallest absolute Gasteiger partial charge is 0.134 e. The van der Waals surface area contributed by atoms with E-state index in [4.69, 9.17) is 4.74 Å². The maximum Gasteiger partial charge on any atom is 0.134 e. The van der Waals surface area contributed by atoms with Gasteiger partial charge in [-0.3, -0.25) is 4.90 Å². The molecule has 1 atom stereocenters. The Balaban J connectivity index is 2.78. The van der Waals surface area contributed by atoms with Gasteiger partial charge in [-0.15, -0.1) is 0 Å². The second-order valence-corrected chi connectivity index (χ2v) is 5.32. The van der Waals surface area contributed by atoms with Crippen LogP contribution in [0.5, 0.6) is 5.75 Å². The second kappa shape index (κ2) is 7.77. The van der Waals surface area contributed by atoms with Gasteiger partial charge in [0, 0.05) is 31.8 Å². The van der Waals surface area contributed by atoms with Crippen molar-refractivity contribution in [2.24, 2.45) is 0 Å². The van der Waals surface area contributed by atoms with Crippen LogP contribution in [-0.2, 0) is 11.3 Å². The summed E-state index contributed by atoms with van der Waals surface area (Å²) >= 11 is 3.35. The summed E-state index contributed by atoms with van der Waals surface area (Å²) in [5.74, 6) is 0.336. The third-order valence-electron chi connectivity index (χ3n) is 3.24. The van der Waals surface area contributed by atoms with Crippen molar-refractivity contribution in [3.8, 4) is 5.75 Å². The minimum absolute atomic E-state index is 0.336. The van der Waals surface area contributed by atoms with Crippen LogP contribution in [0.2, 0.25) is 0 Å². The lowest BCUT2D eigenvalue weighted by atomic mass is 10.1. The molecule has 1 aromatic rings. The quantitative estimate of drug-likeness (QED) is 0.837. The number of aromatic hydroxyl groups is 1. The van der Waals surface area contributed by atoms with Gasteiger partial charge in [0.15, 0.2) is 0 Å². The number of halogens is 1. The second-order valence-electron chi connectivity index (χ2n) is 4.47. The van der Waals surface area contributed by atoms with E-state index < -0.39 is 0 Å². The molecule has 0 heterocycles. The van der Waals surface area contributed by atoms with Crippen molar-refractivity contribution in [3.05, 3.63) is 28.2 Å². The van der Waals surface area contributed by atoms with E-state index in [1.54, 1.807) is 7.11 Å². The molecule has 0 aliphatic carbocycles. The van der Waals surface area contributed by atoms with Gasteiger partial charge in [0.1, 0.15) is 5.75 Å². The topological polar surface area (TPSA) is 32.7 Å². The first-order valence-electron chi connectivity index (χ1n) is 6.29. The predicted octanol–water partition coefficient (Wildman–Crippen LogP) is 3.40. The van der Waals surface area contributed by atoms with Gasteiger partial charge in [-0.05, 0) is 35.3 Å². The number of ether oxygens (including phenoxy) is 1. The summed E-state index contributed by atoms with van der Waals surface area (Å²) < 4.78 is 5.89. The van der Waals surface area contributed by atoms with Crippen LogP contribution in [0, 0.1) is 0 Å². The van der Waals surface area contributed by atoms with Crippen molar-refractivity contribution in [1.29, 1.82) is 0 Å². The van der Waals surface area contributed by atoms with Gasteiger partial charge >= 0.3 is 0 Å². The maximum absolute atomic E-state index is 10.0. The number of phenolic OH excluding ortho intramolecular Hbond substituents is 1. The molecule has 0 aliphatic heterocycles. The number of methoxy groups -OCH3 is 1. The van der Waals surface area contributed by atoms with Gasteiger partial charge in [-0.2, -0.15) is 0 Å². The Hall–Kier alpha value is -0.580. The Morgan fingerprint density at radius 1 is 1.44 bits per heavy atom. The first-order valence-corrected chi connectivity index (χ1v) is 7.08.